The molecule has 2 amide bonds. The second-order valence-corrected chi connectivity index (χ2v) is 6.41. The van der Waals surface area contributed by atoms with Crippen molar-refractivity contribution in [1.29, 1.82) is 0 Å². The molecule has 0 unspecified atom stereocenters. The maximum absolute atomic E-state index is 12.5. The van der Waals surface area contributed by atoms with Crippen LogP contribution in [0.5, 0.6) is 0 Å². The van der Waals surface area contributed by atoms with Gasteiger partial charge in [0.05, 0.1) is 0 Å². The molecular formula is C21H24N2O2. The summed E-state index contributed by atoms with van der Waals surface area (Å²) in [5.41, 5.74) is 2.85. The summed E-state index contributed by atoms with van der Waals surface area (Å²) < 4.78 is 0. The Bertz CT molecular complexity index is 722. The van der Waals surface area contributed by atoms with Gasteiger partial charge in [0.15, 0.2) is 0 Å². The average molecular weight is 336 g/mol. The van der Waals surface area contributed by atoms with Crippen LogP contribution >= 0.6 is 0 Å². The predicted molar refractivity (Wildman–Crippen MR) is 98.5 cm³/mol. The summed E-state index contributed by atoms with van der Waals surface area (Å²) in [7, 11) is 0. The van der Waals surface area contributed by atoms with Gasteiger partial charge in [-0.15, -0.1) is 0 Å². The van der Waals surface area contributed by atoms with Crippen molar-refractivity contribution in [2.45, 2.75) is 25.7 Å². The van der Waals surface area contributed by atoms with E-state index in [1.165, 1.54) is 5.56 Å². The molecule has 25 heavy (non-hydrogen) atoms. The number of hydrogen-bond donors (Lipinski definition) is 1. The van der Waals surface area contributed by atoms with Crippen molar-refractivity contribution in [3.05, 3.63) is 71.3 Å². The van der Waals surface area contributed by atoms with Crippen molar-refractivity contribution in [2.24, 2.45) is 0 Å². The smallest absolute Gasteiger partial charge is 0.251 e. The SMILES string of the molecule is O=C(NCCC(=O)N1CCCC1)c1ccccc1Cc1ccccc1. The third-order valence-electron chi connectivity index (χ3n) is 4.58. The summed E-state index contributed by atoms with van der Waals surface area (Å²) in [6.45, 7) is 2.09. The van der Waals surface area contributed by atoms with Gasteiger partial charge in [0, 0.05) is 31.6 Å². The normalized spacial score (nSPS) is 13.7. The quantitative estimate of drug-likeness (QED) is 0.881. The van der Waals surface area contributed by atoms with Crippen molar-refractivity contribution in [2.75, 3.05) is 19.6 Å². The molecule has 0 radical (unpaired) electrons. The molecule has 0 bridgehead atoms. The van der Waals surface area contributed by atoms with Crippen LogP contribution in [0.25, 0.3) is 0 Å². The van der Waals surface area contributed by atoms with Crippen LogP contribution in [0.3, 0.4) is 0 Å². The Kier molecular flexibility index (Phi) is 5.83. The highest BCUT2D eigenvalue weighted by atomic mass is 16.2. The lowest BCUT2D eigenvalue weighted by atomic mass is 9.99. The van der Waals surface area contributed by atoms with Crippen LogP contribution < -0.4 is 5.32 Å². The number of carbonyl (C=O) groups is 2. The number of nitrogens with zero attached hydrogens (tertiary/aromatic N) is 1. The third kappa shape index (κ3) is 4.69. The van der Waals surface area contributed by atoms with Crippen LogP contribution in [0.1, 0.15) is 40.7 Å². The van der Waals surface area contributed by atoms with Gasteiger partial charge in [-0.25, -0.2) is 0 Å². The zero-order valence-corrected chi connectivity index (χ0v) is 14.4. The highest BCUT2D eigenvalue weighted by Gasteiger charge is 2.18. The van der Waals surface area contributed by atoms with Gasteiger partial charge < -0.3 is 10.2 Å². The lowest BCUT2D eigenvalue weighted by Crippen LogP contribution is -2.33. The van der Waals surface area contributed by atoms with E-state index >= 15 is 0 Å². The Morgan fingerprint density at radius 2 is 1.60 bits per heavy atom. The standard InChI is InChI=1S/C21H24N2O2/c24-20(23-14-6-7-15-23)12-13-22-21(25)19-11-5-4-10-18(19)16-17-8-2-1-3-9-17/h1-5,8-11H,6-7,12-16H2,(H,22,25). The highest BCUT2D eigenvalue weighted by molar-refractivity contribution is 5.96. The number of carbonyl (C=O) groups excluding carboxylic acids is 2. The van der Waals surface area contributed by atoms with Gasteiger partial charge in [-0.1, -0.05) is 48.5 Å². The molecule has 0 spiro atoms. The Morgan fingerprint density at radius 1 is 0.920 bits per heavy atom. The molecule has 1 aliphatic rings. The maximum Gasteiger partial charge on any atom is 0.251 e. The number of nitrogens with one attached hydrogen (secondary N) is 1. The molecule has 2 aromatic carbocycles. The summed E-state index contributed by atoms with van der Waals surface area (Å²) in [4.78, 5) is 26.5. The van der Waals surface area contributed by atoms with E-state index in [9.17, 15) is 9.59 Å². The fraction of sp³-hybridized carbons (Fsp3) is 0.333. The molecule has 1 saturated heterocycles. The van der Waals surface area contributed by atoms with Gasteiger partial charge in [0.2, 0.25) is 5.91 Å². The third-order valence-corrected chi connectivity index (χ3v) is 4.58. The molecule has 4 heteroatoms. The fourth-order valence-electron chi connectivity index (χ4n) is 3.21. The minimum atomic E-state index is -0.110. The van der Waals surface area contributed by atoms with Gasteiger partial charge in [-0.05, 0) is 36.5 Å². The molecule has 1 fully saturated rings. The highest BCUT2D eigenvalue weighted by Crippen LogP contribution is 2.14. The van der Waals surface area contributed by atoms with Crippen molar-refractivity contribution >= 4 is 11.8 Å². The van der Waals surface area contributed by atoms with Crippen molar-refractivity contribution < 1.29 is 9.59 Å². The van der Waals surface area contributed by atoms with E-state index < -0.39 is 0 Å². The lowest BCUT2D eigenvalue weighted by molar-refractivity contribution is -0.129. The van der Waals surface area contributed by atoms with E-state index in [2.05, 4.69) is 17.4 Å². The number of likely N-dealkylation sites (tertiary alicyclic amines) is 1. The number of hydrogen-bond acceptors (Lipinski definition) is 2. The molecule has 0 aromatic heterocycles. The van der Waals surface area contributed by atoms with Gasteiger partial charge in [-0.2, -0.15) is 0 Å². The molecule has 4 nitrogen and oxygen atoms in total. The second kappa shape index (κ2) is 8.47. The monoisotopic (exact) mass is 336 g/mol. The molecule has 130 valence electrons. The first-order chi connectivity index (χ1) is 12.2. The molecule has 3 rings (SSSR count). The second-order valence-electron chi connectivity index (χ2n) is 6.41. The Labute approximate surface area is 148 Å². The van der Waals surface area contributed by atoms with Crippen LogP contribution in [0.2, 0.25) is 0 Å². The summed E-state index contributed by atoms with van der Waals surface area (Å²) in [6, 6.07) is 17.8. The topological polar surface area (TPSA) is 49.4 Å². The summed E-state index contributed by atoms with van der Waals surface area (Å²) in [5, 5.41) is 2.89. The number of rotatable bonds is 6. The Balaban J connectivity index is 1.57. The zero-order chi connectivity index (χ0) is 17.5. The van der Waals surface area contributed by atoms with E-state index in [0.29, 0.717) is 18.5 Å². The molecule has 0 atom stereocenters. The van der Waals surface area contributed by atoms with Gasteiger partial charge in [0.1, 0.15) is 0 Å². The van der Waals surface area contributed by atoms with Crippen LogP contribution in [0.4, 0.5) is 0 Å². The van der Waals surface area contributed by atoms with Crippen LogP contribution in [0, 0.1) is 0 Å². The fourth-order valence-corrected chi connectivity index (χ4v) is 3.21. The predicted octanol–water partition coefficient (Wildman–Crippen LogP) is 3.02. The van der Waals surface area contributed by atoms with E-state index in [1.54, 1.807) is 0 Å². The first kappa shape index (κ1) is 17.2. The van der Waals surface area contributed by atoms with Gasteiger partial charge >= 0.3 is 0 Å². The molecular weight excluding hydrogens is 312 g/mol. The summed E-state index contributed by atoms with van der Waals surface area (Å²) in [6.07, 6.45) is 3.26. The van der Waals surface area contributed by atoms with Crippen LogP contribution in [-0.4, -0.2) is 36.3 Å². The van der Waals surface area contributed by atoms with Crippen LogP contribution in [-0.2, 0) is 11.2 Å². The molecule has 1 N–H and O–H groups in total. The average Bonchev–Trinajstić information content (AvgIpc) is 3.18. The van der Waals surface area contributed by atoms with E-state index in [4.69, 9.17) is 0 Å². The molecule has 1 heterocycles. The molecule has 0 saturated carbocycles. The summed E-state index contributed by atoms with van der Waals surface area (Å²) in [5.74, 6) is 0.0242. The minimum absolute atomic E-state index is 0.110. The first-order valence-electron chi connectivity index (χ1n) is 8.92. The first-order valence-corrected chi connectivity index (χ1v) is 8.92. The van der Waals surface area contributed by atoms with Crippen molar-refractivity contribution in [3.8, 4) is 0 Å². The lowest BCUT2D eigenvalue weighted by Gasteiger charge is -2.15. The zero-order valence-electron chi connectivity index (χ0n) is 14.4. The van der Waals surface area contributed by atoms with E-state index in [-0.39, 0.29) is 11.8 Å². The molecule has 2 aromatic rings. The molecule has 1 aliphatic heterocycles. The Hall–Kier alpha value is -2.62. The van der Waals surface area contributed by atoms with Crippen molar-refractivity contribution in [3.63, 3.8) is 0 Å². The van der Waals surface area contributed by atoms with E-state index in [1.807, 2.05) is 47.4 Å². The summed E-state index contributed by atoms with van der Waals surface area (Å²) >= 11 is 0. The molecule has 0 aliphatic carbocycles. The Morgan fingerprint density at radius 3 is 2.36 bits per heavy atom. The minimum Gasteiger partial charge on any atom is -0.352 e. The van der Waals surface area contributed by atoms with E-state index in [0.717, 1.165) is 37.9 Å². The number of benzene rings is 2. The van der Waals surface area contributed by atoms with Crippen molar-refractivity contribution in [1.82, 2.24) is 10.2 Å². The largest absolute Gasteiger partial charge is 0.352 e. The van der Waals surface area contributed by atoms with Crippen LogP contribution in [0.15, 0.2) is 54.6 Å². The number of amides is 2. The maximum atomic E-state index is 12.5. The van der Waals surface area contributed by atoms with Gasteiger partial charge in [-0.3, -0.25) is 9.59 Å². The van der Waals surface area contributed by atoms with Gasteiger partial charge in [0.25, 0.3) is 5.91 Å².